The minimum absolute atomic E-state index is 0.190. The molecule has 0 atom stereocenters. The highest BCUT2D eigenvalue weighted by Gasteiger charge is 2.12. The number of nitrogens with one attached hydrogen (secondary N) is 1. The third-order valence-electron chi connectivity index (χ3n) is 5.05. The third kappa shape index (κ3) is 7.27. The van der Waals surface area contributed by atoms with Crippen LogP contribution in [0.5, 0.6) is 0 Å². The topological polar surface area (TPSA) is 98.5 Å². The Bertz CT molecular complexity index is 1620. The van der Waals surface area contributed by atoms with Crippen molar-refractivity contribution in [2.24, 2.45) is 0 Å². The molecule has 0 radical (unpaired) electrons. The summed E-state index contributed by atoms with van der Waals surface area (Å²) in [6.07, 6.45) is 1.82. The van der Waals surface area contributed by atoms with E-state index in [-0.39, 0.29) is 40.6 Å². The summed E-state index contributed by atoms with van der Waals surface area (Å²) in [6, 6.07) is 8.68. The maximum absolute atomic E-state index is 13.3. The van der Waals surface area contributed by atoms with E-state index in [4.69, 9.17) is 12.2 Å². The van der Waals surface area contributed by atoms with Gasteiger partial charge in [0.25, 0.3) is 11.1 Å². The first kappa shape index (κ1) is 29.0. The lowest BCUT2D eigenvalue weighted by atomic mass is 10.2. The summed E-state index contributed by atoms with van der Waals surface area (Å²) in [6.45, 7) is 3.64. The molecule has 0 saturated heterocycles. The Balaban J connectivity index is 0.000000206. The summed E-state index contributed by atoms with van der Waals surface area (Å²) in [5.74, 6) is -0.697. The van der Waals surface area contributed by atoms with Crippen LogP contribution < -0.4 is 11.1 Å². The van der Waals surface area contributed by atoms with Gasteiger partial charge in [0.2, 0.25) is 0 Å². The maximum atomic E-state index is 13.3. The van der Waals surface area contributed by atoms with Gasteiger partial charge in [-0.2, -0.15) is 5.10 Å². The van der Waals surface area contributed by atoms with Crippen LogP contribution in [0.3, 0.4) is 0 Å². The highest BCUT2D eigenvalue weighted by molar-refractivity contribution is 9.10. The van der Waals surface area contributed by atoms with Crippen LogP contribution in [0.15, 0.2) is 60.1 Å². The van der Waals surface area contributed by atoms with Gasteiger partial charge in [-0.25, -0.2) is 8.78 Å². The molecule has 2 aromatic carbocycles. The van der Waals surface area contributed by atoms with Crippen LogP contribution in [0.4, 0.5) is 8.78 Å². The van der Waals surface area contributed by atoms with Gasteiger partial charge < -0.3 is 0 Å². The molecule has 0 saturated carbocycles. The van der Waals surface area contributed by atoms with Crippen LogP contribution in [0.2, 0.25) is 0 Å². The normalized spacial score (nSPS) is 10.7. The average molecular weight is 674 g/mol. The van der Waals surface area contributed by atoms with E-state index in [1.54, 1.807) is 26.0 Å². The third-order valence-corrected chi connectivity index (χ3v) is 7.57. The first-order valence-electron chi connectivity index (χ1n) is 10.5. The number of aromatic nitrogens is 6. The van der Waals surface area contributed by atoms with Crippen LogP contribution in [0, 0.1) is 30.3 Å². The molecule has 0 aliphatic rings. The molecule has 0 bridgehead atoms. The minimum Gasteiger partial charge on any atom is -0.280 e. The van der Waals surface area contributed by atoms with E-state index < -0.39 is 0 Å². The average Bonchev–Trinajstić information content (AvgIpc) is 2.87. The van der Waals surface area contributed by atoms with Crippen LogP contribution in [-0.4, -0.2) is 35.8 Å². The molecule has 4 rings (SSSR count). The monoisotopic (exact) mass is 672 g/mol. The molecule has 4 aromatic rings. The van der Waals surface area contributed by atoms with Crippen LogP contribution >= 0.6 is 55.8 Å². The molecule has 0 aliphatic carbocycles. The molecule has 14 heteroatoms. The van der Waals surface area contributed by atoms with Crippen molar-refractivity contribution in [3.63, 3.8) is 0 Å². The summed E-state index contributed by atoms with van der Waals surface area (Å²) in [4.78, 5) is 24.0. The number of rotatable bonds is 5. The number of halogens is 4. The summed E-state index contributed by atoms with van der Waals surface area (Å²) in [7, 11) is 0. The number of hydrogen-bond donors (Lipinski definition) is 1. The Morgan fingerprint density at radius 1 is 0.892 bits per heavy atom. The van der Waals surface area contributed by atoms with Crippen LogP contribution in [0.25, 0.3) is 0 Å². The van der Waals surface area contributed by atoms with Gasteiger partial charge in [0, 0.05) is 8.95 Å². The van der Waals surface area contributed by atoms with Crippen molar-refractivity contribution in [1.29, 1.82) is 0 Å². The van der Waals surface area contributed by atoms with Crippen molar-refractivity contribution in [2.45, 2.75) is 32.1 Å². The molecule has 2 aromatic heterocycles. The van der Waals surface area contributed by atoms with Crippen molar-refractivity contribution < 1.29 is 8.78 Å². The lowest BCUT2D eigenvalue weighted by Gasteiger charge is -2.11. The van der Waals surface area contributed by atoms with Crippen molar-refractivity contribution in [3.05, 3.63) is 105 Å². The highest BCUT2D eigenvalue weighted by Crippen LogP contribution is 2.20. The molecule has 0 aliphatic heterocycles. The number of benzene rings is 2. The fraction of sp³-hybridized carbons (Fsp3) is 0.217. The zero-order valence-corrected chi connectivity index (χ0v) is 24.6. The molecule has 0 amide bonds. The number of hydrogen-bond acceptors (Lipinski definition) is 7. The zero-order valence-electron chi connectivity index (χ0n) is 19.8. The van der Waals surface area contributed by atoms with E-state index in [9.17, 15) is 18.4 Å². The second kappa shape index (κ2) is 12.8. The van der Waals surface area contributed by atoms with Gasteiger partial charge in [-0.3, -0.25) is 23.8 Å². The molecule has 37 heavy (non-hydrogen) atoms. The fourth-order valence-corrected chi connectivity index (χ4v) is 4.56. The highest BCUT2D eigenvalue weighted by atomic mass is 79.9. The van der Waals surface area contributed by atoms with Crippen LogP contribution in [0.1, 0.15) is 22.5 Å². The lowest BCUT2D eigenvalue weighted by Crippen LogP contribution is -2.27. The molecule has 194 valence electrons. The fourth-order valence-electron chi connectivity index (χ4n) is 3.13. The van der Waals surface area contributed by atoms with Crippen LogP contribution in [-0.2, 0) is 13.1 Å². The Hall–Kier alpha value is -2.55. The van der Waals surface area contributed by atoms with Crippen molar-refractivity contribution in [1.82, 2.24) is 29.5 Å². The summed E-state index contributed by atoms with van der Waals surface area (Å²) >= 11 is 13.0. The number of thioether (sulfide) groups is 1. The quantitative estimate of drug-likeness (QED) is 0.230. The molecule has 0 unspecified atom stereocenters. The smallest absolute Gasteiger partial charge is 0.276 e. The van der Waals surface area contributed by atoms with E-state index in [0.29, 0.717) is 27.7 Å². The largest absolute Gasteiger partial charge is 0.280 e. The molecule has 0 spiro atoms. The predicted molar refractivity (Wildman–Crippen MR) is 148 cm³/mol. The van der Waals surface area contributed by atoms with E-state index in [0.717, 1.165) is 8.95 Å². The molecule has 0 fully saturated rings. The van der Waals surface area contributed by atoms with E-state index in [1.807, 2.05) is 6.26 Å². The number of H-pyrrole nitrogens is 1. The van der Waals surface area contributed by atoms with Gasteiger partial charge in [0.15, 0.2) is 9.93 Å². The van der Waals surface area contributed by atoms with Crippen molar-refractivity contribution >= 4 is 55.8 Å². The molecule has 8 nitrogen and oxygen atoms in total. The minimum atomic E-state index is -0.359. The number of aromatic amines is 1. The first-order valence-corrected chi connectivity index (χ1v) is 13.8. The van der Waals surface area contributed by atoms with E-state index in [2.05, 4.69) is 52.3 Å². The van der Waals surface area contributed by atoms with Crippen molar-refractivity contribution in [3.8, 4) is 0 Å². The molecule has 2 heterocycles. The second-order valence-electron chi connectivity index (χ2n) is 7.64. The SMILES string of the molecule is CSc1nnc(C)c(=O)n1Cc1cc(F)ccc1Br.Cc1n[nH]c(=S)n(Cc2cc(F)ccc2Br)c1=O. The van der Waals surface area contributed by atoms with Gasteiger partial charge >= 0.3 is 0 Å². The van der Waals surface area contributed by atoms with Gasteiger partial charge in [-0.15, -0.1) is 10.2 Å². The van der Waals surface area contributed by atoms with Crippen molar-refractivity contribution in [2.75, 3.05) is 6.26 Å². The maximum Gasteiger partial charge on any atom is 0.276 e. The first-order chi connectivity index (χ1) is 17.5. The standard InChI is InChI=1S/C12H11BrFN3OS.C11H9BrFN3OS/c1-7-11(18)17(12(19-2)16-15-7)6-8-5-9(14)3-4-10(8)13;1-6-10(17)16(11(18)15-14-6)5-7-4-8(13)2-3-9(7)12/h3-5H,6H2,1-2H3;2-4H,5H2,1H3,(H,15,18). The molecule has 1 N–H and O–H groups in total. The Kier molecular flexibility index (Phi) is 10.0. The van der Waals surface area contributed by atoms with E-state index >= 15 is 0 Å². The Morgan fingerprint density at radius 3 is 1.95 bits per heavy atom. The van der Waals surface area contributed by atoms with E-state index in [1.165, 1.54) is 45.2 Å². The summed E-state index contributed by atoms with van der Waals surface area (Å²) in [5, 5.41) is 14.6. The van der Waals surface area contributed by atoms with Gasteiger partial charge in [0.05, 0.1) is 13.1 Å². The number of aryl methyl sites for hydroxylation is 2. The second-order valence-corrected chi connectivity index (χ2v) is 10.5. The van der Waals surface area contributed by atoms with Gasteiger partial charge in [-0.05, 0) is 79.8 Å². The molecular weight excluding hydrogens is 654 g/mol. The van der Waals surface area contributed by atoms with Gasteiger partial charge in [-0.1, -0.05) is 43.6 Å². The zero-order chi connectivity index (χ0) is 27.3. The Morgan fingerprint density at radius 2 is 1.41 bits per heavy atom. The van der Waals surface area contributed by atoms with Gasteiger partial charge in [0.1, 0.15) is 23.0 Å². The predicted octanol–water partition coefficient (Wildman–Crippen LogP) is 5.18. The summed E-state index contributed by atoms with van der Waals surface area (Å²) < 4.78 is 31.0. The lowest BCUT2D eigenvalue weighted by molar-refractivity contribution is 0.590. The molecular formula is C23H20Br2F2N6O2S2. The summed E-state index contributed by atoms with van der Waals surface area (Å²) in [5.41, 5.74) is 1.47. The Labute approximate surface area is 236 Å². The number of nitrogens with zero attached hydrogens (tertiary/aromatic N) is 5.